The molecule has 0 aromatic heterocycles. The third-order valence-electron chi connectivity index (χ3n) is 6.62. The van der Waals surface area contributed by atoms with Crippen molar-refractivity contribution in [2.45, 2.75) is 59.5 Å². The molecular formula is C28H36O3. The van der Waals surface area contributed by atoms with Gasteiger partial charge in [-0.15, -0.1) is 0 Å². The van der Waals surface area contributed by atoms with Crippen LogP contribution in [0.3, 0.4) is 0 Å². The molecule has 2 aromatic rings. The van der Waals surface area contributed by atoms with Crippen LogP contribution in [0, 0.1) is 16.7 Å². The van der Waals surface area contributed by atoms with Crippen molar-refractivity contribution in [1.82, 2.24) is 0 Å². The SMILES string of the molecule is COc1ccc([C@H]2CC(c3ccccc3)=C[C@](O)(C(C)(C)C)[C@H]2C(=O)C(C)(C)C)cc1. The van der Waals surface area contributed by atoms with E-state index in [0.717, 1.165) is 22.4 Å². The van der Waals surface area contributed by atoms with Crippen LogP contribution in [0.4, 0.5) is 0 Å². The lowest BCUT2D eigenvalue weighted by Crippen LogP contribution is -2.56. The molecule has 1 N–H and O–H groups in total. The van der Waals surface area contributed by atoms with Gasteiger partial charge in [0.1, 0.15) is 11.5 Å². The maximum atomic E-state index is 13.8. The summed E-state index contributed by atoms with van der Waals surface area (Å²) in [6.07, 6.45) is 2.66. The molecule has 0 fully saturated rings. The van der Waals surface area contributed by atoms with Crippen LogP contribution in [-0.2, 0) is 4.79 Å². The summed E-state index contributed by atoms with van der Waals surface area (Å²) in [6.45, 7) is 11.9. The van der Waals surface area contributed by atoms with Gasteiger partial charge in [-0.25, -0.2) is 0 Å². The molecule has 0 saturated heterocycles. The van der Waals surface area contributed by atoms with Crippen LogP contribution >= 0.6 is 0 Å². The number of Topliss-reactive ketones (excluding diaryl/α,β-unsaturated/α-hetero) is 1. The predicted molar refractivity (Wildman–Crippen MR) is 127 cm³/mol. The van der Waals surface area contributed by atoms with Gasteiger partial charge in [-0.1, -0.05) is 84.0 Å². The van der Waals surface area contributed by atoms with Gasteiger partial charge >= 0.3 is 0 Å². The summed E-state index contributed by atoms with van der Waals surface area (Å²) in [4.78, 5) is 13.8. The Labute approximate surface area is 187 Å². The molecule has 0 saturated carbocycles. The van der Waals surface area contributed by atoms with Gasteiger partial charge < -0.3 is 9.84 Å². The van der Waals surface area contributed by atoms with E-state index in [4.69, 9.17) is 4.74 Å². The largest absolute Gasteiger partial charge is 0.497 e. The third kappa shape index (κ3) is 4.48. The highest BCUT2D eigenvalue weighted by Crippen LogP contribution is 2.54. The summed E-state index contributed by atoms with van der Waals surface area (Å²) in [7, 11) is 1.65. The maximum absolute atomic E-state index is 13.8. The second-order valence-corrected chi connectivity index (χ2v) is 10.8. The van der Waals surface area contributed by atoms with Gasteiger partial charge in [0.2, 0.25) is 0 Å². The lowest BCUT2D eigenvalue weighted by atomic mass is 9.55. The first-order valence-corrected chi connectivity index (χ1v) is 11.1. The molecule has 3 nitrogen and oxygen atoms in total. The van der Waals surface area contributed by atoms with E-state index in [2.05, 4.69) is 12.1 Å². The van der Waals surface area contributed by atoms with Crippen LogP contribution < -0.4 is 4.74 Å². The second kappa shape index (κ2) is 8.27. The zero-order valence-electron chi connectivity index (χ0n) is 19.9. The molecule has 0 amide bonds. The number of carbonyl (C=O) groups is 1. The first-order valence-electron chi connectivity index (χ1n) is 11.1. The molecular weight excluding hydrogens is 384 g/mol. The van der Waals surface area contributed by atoms with Gasteiger partial charge in [-0.3, -0.25) is 4.79 Å². The fourth-order valence-corrected chi connectivity index (χ4v) is 4.62. The Morgan fingerprint density at radius 2 is 1.55 bits per heavy atom. The number of allylic oxidation sites excluding steroid dienone is 1. The molecule has 166 valence electrons. The summed E-state index contributed by atoms with van der Waals surface area (Å²) in [5.41, 5.74) is 0.844. The van der Waals surface area contributed by atoms with Crippen molar-refractivity contribution >= 4 is 11.4 Å². The summed E-state index contributed by atoms with van der Waals surface area (Å²) >= 11 is 0. The molecule has 3 rings (SSSR count). The molecule has 0 aliphatic heterocycles. The lowest BCUT2D eigenvalue weighted by molar-refractivity contribution is -0.147. The van der Waals surface area contributed by atoms with Crippen molar-refractivity contribution in [3.05, 3.63) is 71.8 Å². The van der Waals surface area contributed by atoms with Gasteiger partial charge in [-0.2, -0.15) is 0 Å². The number of aliphatic hydroxyl groups is 1. The molecule has 0 spiro atoms. The van der Waals surface area contributed by atoms with Crippen molar-refractivity contribution in [2.75, 3.05) is 7.11 Å². The Hall–Kier alpha value is -2.39. The van der Waals surface area contributed by atoms with E-state index in [9.17, 15) is 9.90 Å². The average molecular weight is 421 g/mol. The molecule has 1 aliphatic rings. The van der Waals surface area contributed by atoms with Crippen molar-refractivity contribution < 1.29 is 14.6 Å². The van der Waals surface area contributed by atoms with Crippen molar-refractivity contribution in [2.24, 2.45) is 16.7 Å². The summed E-state index contributed by atoms with van der Waals surface area (Å²) in [6, 6.07) is 18.1. The van der Waals surface area contributed by atoms with E-state index in [1.54, 1.807) is 7.11 Å². The van der Waals surface area contributed by atoms with E-state index in [-0.39, 0.29) is 11.7 Å². The number of carbonyl (C=O) groups excluding carboxylic acids is 1. The standard InChI is InChI=1S/C28H36O3/c1-26(2,3)25(29)24-23(20-13-15-22(31-7)16-14-20)17-21(19-11-9-8-10-12-19)18-28(24,30)27(4,5)6/h8-16,18,23-24,30H,17H2,1-7H3/t23-,24-,28-/m1/s1. The van der Waals surface area contributed by atoms with E-state index < -0.39 is 22.3 Å². The van der Waals surface area contributed by atoms with E-state index in [1.165, 1.54) is 0 Å². The maximum Gasteiger partial charge on any atom is 0.145 e. The molecule has 0 heterocycles. The Balaban J connectivity index is 2.24. The lowest BCUT2D eigenvalue weighted by Gasteiger charge is -2.51. The van der Waals surface area contributed by atoms with Gasteiger partial charge in [-0.05, 0) is 46.7 Å². The number of benzene rings is 2. The van der Waals surface area contributed by atoms with Crippen molar-refractivity contribution in [3.63, 3.8) is 0 Å². The molecule has 0 radical (unpaired) electrons. The normalized spacial score (nSPS) is 24.5. The van der Waals surface area contributed by atoms with Gasteiger partial charge in [0.25, 0.3) is 0 Å². The van der Waals surface area contributed by atoms with Crippen LogP contribution in [0.25, 0.3) is 5.57 Å². The highest BCUT2D eigenvalue weighted by Gasteiger charge is 2.55. The first kappa shape index (κ1) is 23.3. The van der Waals surface area contributed by atoms with Crippen molar-refractivity contribution in [1.29, 1.82) is 0 Å². The minimum atomic E-state index is -1.29. The fraction of sp³-hybridized carbons (Fsp3) is 0.464. The van der Waals surface area contributed by atoms with Gasteiger partial charge in [0.05, 0.1) is 18.6 Å². The minimum absolute atomic E-state index is 0.0918. The van der Waals surface area contributed by atoms with Gasteiger partial charge in [0.15, 0.2) is 0 Å². The Kier molecular flexibility index (Phi) is 6.21. The Morgan fingerprint density at radius 3 is 2.03 bits per heavy atom. The molecule has 0 bridgehead atoms. The number of ketones is 1. The highest BCUT2D eigenvalue weighted by molar-refractivity contribution is 5.90. The minimum Gasteiger partial charge on any atom is -0.497 e. The first-order chi connectivity index (χ1) is 14.4. The number of methoxy groups -OCH3 is 1. The van der Waals surface area contributed by atoms with E-state index in [1.807, 2.05) is 90.1 Å². The average Bonchev–Trinajstić information content (AvgIpc) is 2.72. The zero-order chi connectivity index (χ0) is 23.0. The van der Waals surface area contributed by atoms with E-state index in [0.29, 0.717) is 6.42 Å². The Morgan fingerprint density at radius 1 is 0.968 bits per heavy atom. The van der Waals surface area contributed by atoms with Crippen LogP contribution in [0.5, 0.6) is 5.75 Å². The summed E-state index contributed by atoms with van der Waals surface area (Å²) in [5, 5.41) is 12.2. The zero-order valence-corrected chi connectivity index (χ0v) is 19.9. The highest BCUT2D eigenvalue weighted by atomic mass is 16.5. The van der Waals surface area contributed by atoms with E-state index >= 15 is 0 Å². The van der Waals surface area contributed by atoms with Gasteiger partial charge in [0, 0.05) is 11.3 Å². The van der Waals surface area contributed by atoms with Crippen LogP contribution in [0.15, 0.2) is 60.7 Å². The predicted octanol–water partition coefficient (Wildman–Crippen LogP) is 6.27. The fourth-order valence-electron chi connectivity index (χ4n) is 4.62. The molecule has 2 aromatic carbocycles. The molecule has 1 aliphatic carbocycles. The topological polar surface area (TPSA) is 46.5 Å². The number of ether oxygens (including phenoxy) is 1. The smallest absolute Gasteiger partial charge is 0.145 e. The third-order valence-corrected chi connectivity index (χ3v) is 6.62. The number of hydrogen-bond donors (Lipinski definition) is 1. The molecule has 3 heteroatoms. The summed E-state index contributed by atoms with van der Waals surface area (Å²) in [5.74, 6) is 0.188. The van der Waals surface area contributed by atoms with Crippen LogP contribution in [0.2, 0.25) is 0 Å². The number of rotatable bonds is 4. The monoisotopic (exact) mass is 420 g/mol. The quantitative estimate of drug-likeness (QED) is 0.634. The Bertz CT molecular complexity index is 942. The molecule has 0 unspecified atom stereocenters. The van der Waals surface area contributed by atoms with Crippen LogP contribution in [-0.4, -0.2) is 23.6 Å². The van der Waals surface area contributed by atoms with Crippen LogP contribution in [0.1, 0.15) is 65.0 Å². The summed E-state index contributed by atoms with van der Waals surface area (Å²) < 4.78 is 5.34. The molecule has 3 atom stereocenters. The van der Waals surface area contributed by atoms with Crippen molar-refractivity contribution in [3.8, 4) is 5.75 Å². The number of hydrogen-bond acceptors (Lipinski definition) is 3. The second-order valence-electron chi connectivity index (χ2n) is 10.8. The molecule has 31 heavy (non-hydrogen) atoms.